The zero-order chi connectivity index (χ0) is 14.1. The summed E-state index contributed by atoms with van der Waals surface area (Å²) in [5.74, 6) is 0.0999. The Morgan fingerprint density at radius 3 is 2.26 bits per heavy atom. The molecule has 0 saturated carbocycles. The van der Waals surface area contributed by atoms with Crippen LogP contribution in [0.15, 0.2) is 12.1 Å². The van der Waals surface area contributed by atoms with E-state index in [9.17, 15) is 10.2 Å². The van der Waals surface area contributed by atoms with Crippen LogP contribution < -0.4 is 5.32 Å². The SMILES string of the molecule is CCCNCCC.Oc1ccc2c(c1O)CCCC2. The highest BCUT2D eigenvalue weighted by Gasteiger charge is 2.14. The predicted octanol–water partition coefficient (Wildman–Crippen LogP) is 3.37. The lowest BCUT2D eigenvalue weighted by molar-refractivity contribution is 0.396. The maximum atomic E-state index is 9.49. The number of benzene rings is 1. The average Bonchev–Trinajstić information content (AvgIpc) is 2.45. The van der Waals surface area contributed by atoms with Crippen LogP contribution in [0.25, 0.3) is 0 Å². The van der Waals surface area contributed by atoms with Gasteiger partial charge in [-0.1, -0.05) is 19.9 Å². The van der Waals surface area contributed by atoms with Gasteiger partial charge in [-0.2, -0.15) is 0 Å². The van der Waals surface area contributed by atoms with Gasteiger partial charge < -0.3 is 15.5 Å². The summed E-state index contributed by atoms with van der Waals surface area (Å²) in [5.41, 5.74) is 2.14. The summed E-state index contributed by atoms with van der Waals surface area (Å²) in [4.78, 5) is 0. The molecule has 0 heterocycles. The molecule has 0 aliphatic heterocycles. The molecule has 3 nitrogen and oxygen atoms in total. The van der Waals surface area contributed by atoms with Gasteiger partial charge in [0, 0.05) is 5.56 Å². The van der Waals surface area contributed by atoms with Gasteiger partial charge in [0.1, 0.15) is 0 Å². The van der Waals surface area contributed by atoms with E-state index in [-0.39, 0.29) is 11.5 Å². The molecule has 0 fully saturated rings. The lowest BCUT2D eigenvalue weighted by Gasteiger charge is -2.16. The Morgan fingerprint density at radius 1 is 1.00 bits per heavy atom. The van der Waals surface area contributed by atoms with E-state index in [1.165, 1.54) is 37.9 Å². The van der Waals surface area contributed by atoms with Gasteiger partial charge in [-0.15, -0.1) is 0 Å². The summed E-state index contributed by atoms with van der Waals surface area (Å²) in [6.45, 7) is 6.72. The van der Waals surface area contributed by atoms with Gasteiger partial charge in [0.15, 0.2) is 11.5 Å². The number of hydrogen-bond donors (Lipinski definition) is 3. The summed E-state index contributed by atoms with van der Waals surface area (Å²) >= 11 is 0. The molecule has 0 atom stereocenters. The van der Waals surface area contributed by atoms with Crippen LogP contribution in [0.4, 0.5) is 0 Å². The van der Waals surface area contributed by atoms with E-state index in [0.717, 1.165) is 24.8 Å². The molecule has 0 amide bonds. The molecule has 19 heavy (non-hydrogen) atoms. The van der Waals surface area contributed by atoms with Crippen LogP contribution in [0.3, 0.4) is 0 Å². The van der Waals surface area contributed by atoms with Crippen molar-refractivity contribution in [3.8, 4) is 11.5 Å². The van der Waals surface area contributed by atoms with Gasteiger partial charge in [-0.05, 0) is 63.2 Å². The van der Waals surface area contributed by atoms with E-state index in [4.69, 9.17) is 0 Å². The van der Waals surface area contributed by atoms with E-state index in [1.54, 1.807) is 6.07 Å². The van der Waals surface area contributed by atoms with Gasteiger partial charge >= 0.3 is 0 Å². The third-order valence-corrected chi connectivity index (χ3v) is 3.33. The van der Waals surface area contributed by atoms with Crippen LogP contribution in [0.5, 0.6) is 11.5 Å². The third-order valence-electron chi connectivity index (χ3n) is 3.33. The predicted molar refractivity (Wildman–Crippen MR) is 79.9 cm³/mol. The zero-order valence-corrected chi connectivity index (χ0v) is 12.2. The summed E-state index contributed by atoms with van der Waals surface area (Å²) in [5, 5.41) is 22.0. The Labute approximate surface area is 116 Å². The van der Waals surface area contributed by atoms with E-state index < -0.39 is 0 Å². The summed E-state index contributed by atoms with van der Waals surface area (Å²) in [7, 11) is 0. The first-order chi connectivity index (χ1) is 9.20. The second-order valence-corrected chi connectivity index (χ2v) is 5.03. The first-order valence-electron chi connectivity index (χ1n) is 7.44. The van der Waals surface area contributed by atoms with Crippen molar-refractivity contribution in [2.45, 2.75) is 52.4 Å². The topological polar surface area (TPSA) is 52.5 Å². The molecular weight excluding hydrogens is 238 g/mol. The number of aryl methyl sites for hydroxylation is 1. The van der Waals surface area contributed by atoms with Crippen molar-refractivity contribution in [3.05, 3.63) is 23.3 Å². The lowest BCUT2D eigenvalue weighted by Crippen LogP contribution is -2.14. The smallest absolute Gasteiger partial charge is 0.160 e. The Kier molecular flexibility index (Phi) is 7.34. The fraction of sp³-hybridized carbons (Fsp3) is 0.625. The highest BCUT2D eigenvalue weighted by molar-refractivity contribution is 5.49. The van der Waals surface area contributed by atoms with Crippen molar-refractivity contribution < 1.29 is 10.2 Å². The van der Waals surface area contributed by atoms with Gasteiger partial charge in [0.2, 0.25) is 0 Å². The first-order valence-corrected chi connectivity index (χ1v) is 7.44. The van der Waals surface area contributed by atoms with E-state index in [0.29, 0.717) is 0 Å². The van der Waals surface area contributed by atoms with Crippen molar-refractivity contribution in [2.75, 3.05) is 13.1 Å². The summed E-state index contributed by atoms with van der Waals surface area (Å²) in [6, 6.07) is 3.48. The normalized spacial score (nSPS) is 13.4. The number of aromatic hydroxyl groups is 2. The van der Waals surface area contributed by atoms with Gasteiger partial charge in [-0.3, -0.25) is 0 Å². The number of fused-ring (bicyclic) bond motifs is 1. The summed E-state index contributed by atoms with van der Waals surface area (Å²) < 4.78 is 0. The molecule has 0 bridgehead atoms. The standard InChI is InChI=1S/C10H12O2.C6H15N/c11-9-6-5-7-3-1-2-4-8(7)10(9)12;1-3-5-7-6-4-2/h5-6,11-12H,1-4H2;7H,3-6H2,1-2H3. The van der Waals surface area contributed by atoms with Crippen LogP contribution >= 0.6 is 0 Å². The second kappa shape index (κ2) is 8.81. The number of phenolic OH excluding ortho intramolecular Hbond substituents is 2. The minimum atomic E-state index is 0.00986. The van der Waals surface area contributed by atoms with Crippen molar-refractivity contribution in [2.24, 2.45) is 0 Å². The van der Waals surface area contributed by atoms with Crippen molar-refractivity contribution in [1.29, 1.82) is 0 Å². The fourth-order valence-corrected chi connectivity index (χ4v) is 2.27. The number of hydrogen-bond acceptors (Lipinski definition) is 3. The largest absolute Gasteiger partial charge is 0.504 e. The van der Waals surface area contributed by atoms with Crippen molar-refractivity contribution >= 4 is 0 Å². The second-order valence-electron chi connectivity index (χ2n) is 5.03. The minimum Gasteiger partial charge on any atom is -0.504 e. The molecule has 2 rings (SSSR count). The van der Waals surface area contributed by atoms with Gasteiger partial charge in [-0.25, -0.2) is 0 Å². The van der Waals surface area contributed by atoms with Gasteiger partial charge in [0.25, 0.3) is 0 Å². The Hall–Kier alpha value is -1.22. The Bertz CT molecular complexity index is 373. The van der Waals surface area contributed by atoms with Gasteiger partial charge in [0.05, 0.1) is 0 Å². The Balaban J connectivity index is 0.000000224. The third kappa shape index (κ3) is 5.11. The maximum absolute atomic E-state index is 9.49. The van der Waals surface area contributed by atoms with Crippen LogP contribution in [-0.2, 0) is 12.8 Å². The number of rotatable bonds is 4. The zero-order valence-electron chi connectivity index (χ0n) is 12.2. The fourth-order valence-electron chi connectivity index (χ4n) is 2.27. The average molecular weight is 265 g/mol. The van der Waals surface area contributed by atoms with Crippen LogP contribution in [-0.4, -0.2) is 23.3 Å². The number of phenols is 2. The van der Waals surface area contributed by atoms with Crippen molar-refractivity contribution in [1.82, 2.24) is 5.32 Å². The van der Waals surface area contributed by atoms with Crippen molar-refractivity contribution in [3.63, 3.8) is 0 Å². The molecule has 3 heteroatoms. The maximum Gasteiger partial charge on any atom is 0.160 e. The summed E-state index contributed by atoms with van der Waals surface area (Å²) in [6.07, 6.45) is 6.74. The number of nitrogens with one attached hydrogen (secondary N) is 1. The molecule has 0 saturated heterocycles. The molecular formula is C16H27NO2. The molecule has 0 aromatic heterocycles. The molecule has 1 aromatic carbocycles. The highest BCUT2D eigenvalue weighted by Crippen LogP contribution is 2.35. The van der Waals surface area contributed by atoms with E-state index in [2.05, 4.69) is 19.2 Å². The highest BCUT2D eigenvalue weighted by atomic mass is 16.3. The Morgan fingerprint density at radius 2 is 1.63 bits per heavy atom. The lowest BCUT2D eigenvalue weighted by atomic mass is 9.91. The molecule has 1 aliphatic rings. The van der Waals surface area contributed by atoms with Crippen LogP contribution in [0.1, 0.15) is 50.7 Å². The quantitative estimate of drug-likeness (QED) is 0.578. The monoisotopic (exact) mass is 265 g/mol. The molecule has 1 aliphatic carbocycles. The molecule has 0 spiro atoms. The molecule has 0 radical (unpaired) electrons. The molecule has 108 valence electrons. The van der Waals surface area contributed by atoms with E-state index >= 15 is 0 Å². The molecule has 0 unspecified atom stereocenters. The van der Waals surface area contributed by atoms with Crippen LogP contribution in [0.2, 0.25) is 0 Å². The van der Waals surface area contributed by atoms with E-state index in [1.807, 2.05) is 6.07 Å². The molecule has 1 aromatic rings. The first kappa shape index (κ1) is 15.8. The van der Waals surface area contributed by atoms with Crippen LogP contribution in [0, 0.1) is 0 Å². The molecule has 3 N–H and O–H groups in total. The minimum absolute atomic E-state index is 0.00986.